The van der Waals surface area contributed by atoms with Crippen molar-refractivity contribution in [3.05, 3.63) is 44.0 Å². The Labute approximate surface area is 143 Å². The van der Waals surface area contributed by atoms with Gasteiger partial charge in [0.1, 0.15) is 17.6 Å². The van der Waals surface area contributed by atoms with Gasteiger partial charge in [0, 0.05) is 12.2 Å². The summed E-state index contributed by atoms with van der Waals surface area (Å²) < 4.78 is 15.7. The molecule has 0 aliphatic heterocycles. The minimum absolute atomic E-state index is 0.234. The van der Waals surface area contributed by atoms with E-state index in [1.807, 2.05) is 0 Å². The summed E-state index contributed by atoms with van der Waals surface area (Å²) in [5.41, 5.74) is -3.37. The van der Waals surface area contributed by atoms with Gasteiger partial charge < -0.3 is 20.1 Å². The third-order valence-electron chi connectivity index (χ3n) is 4.01. The number of hydrogen-bond donors (Lipinski definition) is 3. The Hall–Kier alpha value is -3.50. The first-order valence-corrected chi connectivity index (χ1v) is 7.47. The molecule has 1 fully saturated rings. The fourth-order valence-corrected chi connectivity index (χ4v) is 2.77. The number of carboxylic acid groups (broad SMARTS) is 2. The molecular weight excluding hydrogens is 353 g/mol. The van der Waals surface area contributed by atoms with Crippen molar-refractivity contribution in [3.8, 4) is 0 Å². The summed E-state index contributed by atoms with van der Waals surface area (Å²) in [6, 6.07) is 0.438. The zero-order valence-electron chi connectivity index (χ0n) is 13.1. The maximum Gasteiger partial charge on any atom is 0.341 e. The number of halogens is 1. The molecule has 11 heteroatoms. The molecule has 0 spiro atoms. The molecule has 2 aromatic rings. The highest BCUT2D eigenvalue weighted by Gasteiger charge is 2.33. The smallest absolute Gasteiger partial charge is 0.341 e. The second kappa shape index (κ2) is 6.10. The van der Waals surface area contributed by atoms with Crippen LogP contribution in [0.4, 0.5) is 15.8 Å². The number of nitro benzene ring substituents is 1. The zero-order chi connectivity index (χ0) is 19.2. The highest BCUT2D eigenvalue weighted by Crippen LogP contribution is 2.42. The SMILES string of the molecule is O=C(O)CNc1c(F)cc2c(=O)c(C(=O)O)cn(C3CC3)c2c1[N+](=O)[O-]. The molecule has 136 valence electrons. The Bertz CT molecular complexity index is 1030. The number of aromatic nitrogens is 1. The van der Waals surface area contributed by atoms with E-state index in [1.165, 1.54) is 4.57 Å². The lowest BCUT2D eigenvalue weighted by molar-refractivity contribution is -0.382. The maximum atomic E-state index is 14.4. The number of rotatable bonds is 6. The van der Waals surface area contributed by atoms with Crippen molar-refractivity contribution >= 4 is 34.2 Å². The summed E-state index contributed by atoms with van der Waals surface area (Å²) in [7, 11) is 0. The molecule has 1 aromatic carbocycles. The molecule has 0 atom stereocenters. The maximum absolute atomic E-state index is 14.4. The summed E-state index contributed by atoms with van der Waals surface area (Å²) in [6.45, 7) is -0.774. The minimum Gasteiger partial charge on any atom is -0.480 e. The fraction of sp³-hybridized carbons (Fsp3) is 0.267. The Morgan fingerprint density at radius 2 is 2.04 bits per heavy atom. The van der Waals surface area contributed by atoms with Crippen LogP contribution in [0, 0.1) is 15.9 Å². The lowest BCUT2D eigenvalue weighted by Gasteiger charge is -2.14. The number of fused-ring (bicyclic) bond motifs is 1. The topological polar surface area (TPSA) is 152 Å². The van der Waals surface area contributed by atoms with Crippen molar-refractivity contribution in [2.24, 2.45) is 0 Å². The van der Waals surface area contributed by atoms with Gasteiger partial charge in [-0.2, -0.15) is 0 Å². The molecule has 1 aliphatic carbocycles. The molecule has 3 rings (SSSR count). The van der Waals surface area contributed by atoms with Gasteiger partial charge in [0.25, 0.3) is 0 Å². The molecular formula is C15H12FN3O7. The number of anilines is 1. The van der Waals surface area contributed by atoms with Crippen LogP contribution in [0.2, 0.25) is 0 Å². The molecule has 10 nitrogen and oxygen atoms in total. The molecule has 1 aromatic heterocycles. The fourth-order valence-electron chi connectivity index (χ4n) is 2.77. The Morgan fingerprint density at radius 3 is 2.54 bits per heavy atom. The van der Waals surface area contributed by atoms with Crippen molar-refractivity contribution in [1.82, 2.24) is 4.57 Å². The normalized spacial score (nSPS) is 13.6. The highest BCUT2D eigenvalue weighted by molar-refractivity contribution is 5.99. The average molecular weight is 365 g/mol. The van der Waals surface area contributed by atoms with E-state index in [-0.39, 0.29) is 11.6 Å². The first kappa shape index (κ1) is 17.3. The van der Waals surface area contributed by atoms with E-state index in [0.717, 1.165) is 6.20 Å². The number of benzene rings is 1. The standard InChI is InChI=1S/C15H12FN3O7/c16-9-3-7-12(13(19(25)26)11(9)17-4-10(20)21)18(6-1-2-6)5-8(14(7)22)15(23)24/h3,5-6,17H,1-2,4H2,(H,20,21)(H,23,24). The lowest BCUT2D eigenvalue weighted by atomic mass is 10.1. The second-order valence-corrected chi connectivity index (χ2v) is 5.80. The number of pyridine rings is 1. The molecule has 1 saturated carbocycles. The van der Waals surface area contributed by atoms with E-state index in [1.54, 1.807) is 0 Å². The van der Waals surface area contributed by atoms with Crippen LogP contribution in [0.15, 0.2) is 17.1 Å². The predicted molar refractivity (Wildman–Crippen MR) is 86.2 cm³/mol. The molecule has 0 amide bonds. The van der Waals surface area contributed by atoms with E-state index in [0.29, 0.717) is 18.9 Å². The van der Waals surface area contributed by atoms with Gasteiger partial charge in [0.15, 0.2) is 11.5 Å². The van der Waals surface area contributed by atoms with E-state index in [4.69, 9.17) is 5.11 Å². The van der Waals surface area contributed by atoms with Crippen LogP contribution < -0.4 is 10.7 Å². The predicted octanol–water partition coefficient (Wildman–Crippen LogP) is 1.58. The number of aromatic carboxylic acids is 1. The van der Waals surface area contributed by atoms with Crippen LogP contribution in [0.25, 0.3) is 10.9 Å². The first-order chi connectivity index (χ1) is 12.2. The zero-order valence-corrected chi connectivity index (χ0v) is 13.1. The molecule has 0 unspecified atom stereocenters. The van der Waals surface area contributed by atoms with E-state index in [2.05, 4.69) is 5.32 Å². The van der Waals surface area contributed by atoms with E-state index < -0.39 is 57.0 Å². The first-order valence-electron chi connectivity index (χ1n) is 7.47. The number of carboxylic acids is 2. The van der Waals surface area contributed by atoms with Gasteiger partial charge in [0.2, 0.25) is 5.43 Å². The highest BCUT2D eigenvalue weighted by atomic mass is 19.1. The van der Waals surface area contributed by atoms with Crippen LogP contribution in [-0.2, 0) is 4.79 Å². The van der Waals surface area contributed by atoms with Crippen LogP contribution in [0.5, 0.6) is 0 Å². The molecule has 26 heavy (non-hydrogen) atoms. The third kappa shape index (κ3) is 2.83. The quantitative estimate of drug-likeness (QED) is 0.515. The molecule has 3 N–H and O–H groups in total. The summed E-state index contributed by atoms with van der Waals surface area (Å²) in [4.78, 5) is 45.0. The van der Waals surface area contributed by atoms with Gasteiger partial charge in [0.05, 0.1) is 10.3 Å². The van der Waals surface area contributed by atoms with Crippen molar-refractivity contribution in [3.63, 3.8) is 0 Å². The number of hydrogen-bond acceptors (Lipinski definition) is 6. The summed E-state index contributed by atoms with van der Waals surface area (Å²) >= 11 is 0. The van der Waals surface area contributed by atoms with Gasteiger partial charge in [-0.3, -0.25) is 19.7 Å². The largest absolute Gasteiger partial charge is 0.480 e. The molecule has 1 heterocycles. The van der Waals surface area contributed by atoms with Gasteiger partial charge >= 0.3 is 17.6 Å². The minimum atomic E-state index is -1.53. The van der Waals surface area contributed by atoms with Gasteiger partial charge in [-0.25, -0.2) is 9.18 Å². The number of aliphatic carboxylic acids is 1. The van der Waals surface area contributed by atoms with Crippen LogP contribution >= 0.6 is 0 Å². The third-order valence-corrected chi connectivity index (χ3v) is 4.01. The number of nitro groups is 1. The van der Waals surface area contributed by atoms with Gasteiger partial charge in [-0.05, 0) is 18.9 Å². The molecule has 0 bridgehead atoms. The molecule has 0 saturated heterocycles. The van der Waals surface area contributed by atoms with Crippen LogP contribution in [0.1, 0.15) is 29.2 Å². The number of nitrogens with one attached hydrogen (secondary N) is 1. The Kier molecular flexibility index (Phi) is 4.06. The monoisotopic (exact) mass is 365 g/mol. The summed E-state index contributed by atoms with van der Waals surface area (Å²) in [5, 5.41) is 31.2. The average Bonchev–Trinajstić information content (AvgIpc) is 3.37. The van der Waals surface area contributed by atoms with Crippen molar-refractivity contribution in [1.29, 1.82) is 0 Å². The summed E-state index contributed by atoms with van der Waals surface area (Å²) in [6.07, 6.45) is 2.24. The van der Waals surface area contributed by atoms with Crippen molar-refractivity contribution in [2.45, 2.75) is 18.9 Å². The second-order valence-electron chi connectivity index (χ2n) is 5.80. The van der Waals surface area contributed by atoms with Crippen LogP contribution in [0.3, 0.4) is 0 Å². The Morgan fingerprint density at radius 1 is 1.38 bits per heavy atom. The lowest BCUT2D eigenvalue weighted by Crippen LogP contribution is -2.21. The number of nitrogens with zero attached hydrogens (tertiary/aromatic N) is 2. The van der Waals surface area contributed by atoms with E-state index in [9.17, 15) is 34.0 Å². The molecule has 0 radical (unpaired) electrons. The van der Waals surface area contributed by atoms with Crippen LogP contribution in [-0.4, -0.2) is 38.2 Å². The molecule has 1 aliphatic rings. The van der Waals surface area contributed by atoms with Crippen molar-refractivity contribution in [2.75, 3.05) is 11.9 Å². The van der Waals surface area contributed by atoms with E-state index >= 15 is 0 Å². The van der Waals surface area contributed by atoms with Gasteiger partial charge in [-0.15, -0.1) is 0 Å². The Balaban J connectivity index is 2.43. The van der Waals surface area contributed by atoms with Gasteiger partial charge in [-0.1, -0.05) is 0 Å². The van der Waals surface area contributed by atoms with Crippen molar-refractivity contribution < 1.29 is 29.1 Å². The number of carbonyl (C=O) groups is 2. The summed E-state index contributed by atoms with van der Waals surface area (Å²) in [5.74, 6) is -4.10.